The molecule has 0 aliphatic rings. The van der Waals surface area contributed by atoms with Crippen LogP contribution in [0.3, 0.4) is 0 Å². The fourth-order valence-corrected chi connectivity index (χ4v) is 1.60. The van der Waals surface area contributed by atoms with Gasteiger partial charge in [0.1, 0.15) is 0 Å². The highest BCUT2D eigenvalue weighted by Crippen LogP contribution is 2.14. The third kappa shape index (κ3) is 5.53. The first-order valence-corrected chi connectivity index (χ1v) is 6.88. The summed E-state index contributed by atoms with van der Waals surface area (Å²) in [5.41, 5.74) is 0.121. The van der Waals surface area contributed by atoms with Gasteiger partial charge in [-0.1, -0.05) is 30.7 Å². The first kappa shape index (κ1) is 17.6. The van der Waals surface area contributed by atoms with Crippen molar-refractivity contribution >= 4 is 29.4 Å². The lowest BCUT2D eigenvalue weighted by atomic mass is 10.2. The lowest BCUT2D eigenvalue weighted by molar-refractivity contribution is 0.0976. The third-order valence-corrected chi connectivity index (χ3v) is 2.79. The Balaban J connectivity index is 2.59. The minimum atomic E-state index is -1.09. The molecule has 0 unspecified atom stereocenters. The number of nitrogens with one attached hydrogen (secondary N) is 4. The molecular formula is C14H16ClFN4O2. The Kier molecular flexibility index (Phi) is 7.04. The van der Waals surface area contributed by atoms with Crippen molar-refractivity contribution in [2.75, 3.05) is 6.54 Å². The SMILES string of the molecule is CCCNC(=O)N/C=C(/F)C(=N)NC(=O)c1ccccc1Cl. The van der Waals surface area contributed by atoms with Crippen molar-refractivity contribution in [2.24, 2.45) is 0 Å². The van der Waals surface area contributed by atoms with Gasteiger partial charge in [-0.15, -0.1) is 0 Å². The Morgan fingerprint density at radius 3 is 2.68 bits per heavy atom. The molecule has 3 amide bonds. The molecule has 0 aliphatic heterocycles. The van der Waals surface area contributed by atoms with Crippen LogP contribution in [0, 0.1) is 5.41 Å². The van der Waals surface area contributed by atoms with Crippen LogP contribution in [-0.4, -0.2) is 24.3 Å². The topological polar surface area (TPSA) is 94.1 Å². The molecule has 0 fully saturated rings. The average molecular weight is 327 g/mol. The molecule has 0 saturated heterocycles. The highest BCUT2D eigenvalue weighted by molar-refractivity contribution is 6.34. The Morgan fingerprint density at radius 1 is 1.36 bits per heavy atom. The summed E-state index contributed by atoms with van der Waals surface area (Å²) in [7, 11) is 0. The van der Waals surface area contributed by atoms with Crippen LogP contribution in [-0.2, 0) is 0 Å². The fourth-order valence-electron chi connectivity index (χ4n) is 1.38. The summed E-state index contributed by atoms with van der Waals surface area (Å²) in [6.07, 6.45) is 1.43. The summed E-state index contributed by atoms with van der Waals surface area (Å²) in [5.74, 6) is -2.58. The van der Waals surface area contributed by atoms with Crippen molar-refractivity contribution in [2.45, 2.75) is 13.3 Å². The normalized spacial score (nSPS) is 10.8. The zero-order valence-electron chi connectivity index (χ0n) is 11.9. The number of carbonyl (C=O) groups excluding carboxylic acids is 2. The van der Waals surface area contributed by atoms with Gasteiger partial charge >= 0.3 is 6.03 Å². The van der Waals surface area contributed by atoms with E-state index in [2.05, 4.69) is 10.6 Å². The summed E-state index contributed by atoms with van der Waals surface area (Å²) < 4.78 is 13.6. The van der Waals surface area contributed by atoms with Crippen molar-refractivity contribution < 1.29 is 14.0 Å². The summed E-state index contributed by atoms with van der Waals surface area (Å²) in [4.78, 5) is 23.0. The van der Waals surface area contributed by atoms with Crippen LogP contribution in [0.2, 0.25) is 5.02 Å². The lowest BCUT2D eigenvalue weighted by Crippen LogP contribution is -2.34. The molecule has 0 spiro atoms. The number of amidine groups is 1. The molecular weight excluding hydrogens is 311 g/mol. The largest absolute Gasteiger partial charge is 0.338 e. The van der Waals surface area contributed by atoms with E-state index in [4.69, 9.17) is 17.0 Å². The highest BCUT2D eigenvalue weighted by atomic mass is 35.5. The van der Waals surface area contributed by atoms with E-state index in [0.29, 0.717) is 12.7 Å². The molecule has 1 aromatic carbocycles. The minimum Gasteiger partial charge on any atom is -0.338 e. The van der Waals surface area contributed by atoms with E-state index in [1.807, 2.05) is 12.2 Å². The second-order valence-corrected chi connectivity index (χ2v) is 4.61. The quantitative estimate of drug-likeness (QED) is 0.494. The van der Waals surface area contributed by atoms with Crippen molar-refractivity contribution in [1.82, 2.24) is 16.0 Å². The minimum absolute atomic E-state index is 0.121. The number of hydrogen-bond donors (Lipinski definition) is 4. The highest BCUT2D eigenvalue weighted by Gasteiger charge is 2.13. The zero-order valence-corrected chi connectivity index (χ0v) is 12.6. The van der Waals surface area contributed by atoms with Crippen LogP contribution < -0.4 is 16.0 Å². The second-order valence-electron chi connectivity index (χ2n) is 4.20. The maximum atomic E-state index is 13.6. The molecule has 0 saturated carbocycles. The Bertz CT molecular complexity index is 604. The molecule has 118 valence electrons. The first-order chi connectivity index (χ1) is 10.5. The summed E-state index contributed by atoms with van der Waals surface area (Å²) >= 11 is 5.83. The third-order valence-electron chi connectivity index (χ3n) is 2.46. The number of halogens is 2. The molecule has 0 bridgehead atoms. The number of hydrogen-bond acceptors (Lipinski definition) is 3. The molecule has 0 radical (unpaired) electrons. The Hall–Kier alpha value is -2.41. The maximum Gasteiger partial charge on any atom is 0.318 e. The number of rotatable bonds is 5. The van der Waals surface area contributed by atoms with Crippen LogP contribution in [0.5, 0.6) is 0 Å². The van der Waals surface area contributed by atoms with Gasteiger partial charge in [-0.25, -0.2) is 9.18 Å². The van der Waals surface area contributed by atoms with E-state index in [9.17, 15) is 14.0 Å². The van der Waals surface area contributed by atoms with Crippen molar-refractivity contribution in [1.29, 1.82) is 5.41 Å². The van der Waals surface area contributed by atoms with Crippen LogP contribution in [0.4, 0.5) is 9.18 Å². The smallest absolute Gasteiger partial charge is 0.318 e. The van der Waals surface area contributed by atoms with Crippen molar-refractivity contribution in [3.05, 3.63) is 46.9 Å². The molecule has 8 heteroatoms. The van der Waals surface area contributed by atoms with Gasteiger partial charge in [0.2, 0.25) is 0 Å². The Morgan fingerprint density at radius 2 is 2.05 bits per heavy atom. The maximum absolute atomic E-state index is 13.6. The van der Waals surface area contributed by atoms with Crippen LogP contribution in [0.15, 0.2) is 36.3 Å². The van der Waals surface area contributed by atoms with Gasteiger partial charge in [0, 0.05) is 12.7 Å². The van der Waals surface area contributed by atoms with Gasteiger partial charge < -0.3 is 16.0 Å². The van der Waals surface area contributed by atoms with Gasteiger partial charge in [-0.3, -0.25) is 10.2 Å². The standard InChI is InChI=1S/C14H16ClFN4O2/c1-2-7-18-14(22)19-8-11(16)12(17)20-13(21)9-5-3-4-6-10(9)15/h3-6,8H,2,7H2,1H3,(H2,17,20,21)(H2,18,19,22)/b11-8+. The first-order valence-electron chi connectivity index (χ1n) is 6.50. The van der Waals surface area contributed by atoms with Crippen LogP contribution in [0.25, 0.3) is 0 Å². The van der Waals surface area contributed by atoms with E-state index in [1.165, 1.54) is 12.1 Å². The van der Waals surface area contributed by atoms with Gasteiger partial charge in [0.25, 0.3) is 5.91 Å². The molecule has 1 aromatic rings. The zero-order chi connectivity index (χ0) is 16.5. The lowest BCUT2D eigenvalue weighted by Gasteiger charge is -2.07. The predicted molar refractivity (Wildman–Crippen MR) is 82.7 cm³/mol. The monoisotopic (exact) mass is 326 g/mol. The van der Waals surface area contributed by atoms with Gasteiger partial charge in [-0.05, 0) is 18.6 Å². The molecule has 6 nitrogen and oxygen atoms in total. The van der Waals surface area contributed by atoms with Gasteiger partial charge in [0.15, 0.2) is 11.7 Å². The molecule has 4 N–H and O–H groups in total. The molecule has 0 aromatic heterocycles. The van der Waals surface area contributed by atoms with E-state index < -0.39 is 23.6 Å². The van der Waals surface area contributed by atoms with Crippen molar-refractivity contribution in [3.63, 3.8) is 0 Å². The predicted octanol–water partition coefficient (Wildman–Crippen LogP) is 2.57. The van der Waals surface area contributed by atoms with E-state index in [1.54, 1.807) is 12.1 Å². The molecule has 0 atom stereocenters. The van der Waals surface area contributed by atoms with E-state index >= 15 is 0 Å². The molecule has 0 heterocycles. The fraction of sp³-hybridized carbons (Fsp3) is 0.214. The molecule has 0 aliphatic carbocycles. The molecule has 1 rings (SSSR count). The van der Waals surface area contributed by atoms with E-state index in [-0.39, 0.29) is 10.6 Å². The van der Waals surface area contributed by atoms with E-state index in [0.717, 1.165) is 6.42 Å². The van der Waals surface area contributed by atoms with Crippen LogP contribution in [0.1, 0.15) is 23.7 Å². The summed E-state index contributed by atoms with van der Waals surface area (Å²) in [5, 5.41) is 14.3. The average Bonchev–Trinajstić information content (AvgIpc) is 2.50. The number of benzene rings is 1. The summed E-state index contributed by atoms with van der Waals surface area (Å²) in [6, 6.07) is 5.59. The second kappa shape index (κ2) is 8.78. The number of amides is 3. The van der Waals surface area contributed by atoms with Crippen molar-refractivity contribution in [3.8, 4) is 0 Å². The van der Waals surface area contributed by atoms with Gasteiger partial charge in [-0.2, -0.15) is 0 Å². The number of carbonyl (C=O) groups is 2. The van der Waals surface area contributed by atoms with Gasteiger partial charge in [0.05, 0.1) is 10.6 Å². The number of urea groups is 1. The molecule has 22 heavy (non-hydrogen) atoms. The van der Waals surface area contributed by atoms with Crippen LogP contribution >= 0.6 is 11.6 Å². The Labute approximate surface area is 132 Å². The summed E-state index contributed by atoms with van der Waals surface area (Å²) in [6.45, 7) is 2.32.